The first-order chi connectivity index (χ1) is 13.3. The predicted molar refractivity (Wildman–Crippen MR) is 124 cm³/mol. The van der Waals surface area contributed by atoms with E-state index in [-0.39, 0.29) is 0 Å². The van der Waals surface area contributed by atoms with Gasteiger partial charge < -0.3 is 9.64 Å². The molecule has 0 aliphatic rings. The summed E-state index contributed by atoms with van der Waals surface area (Å²) >= 11 is 5.51. The minimum atomic E-state index is 0.375. The lowest BCUT2D eigenvalue weighted by molar-refractivity contribution is 0.414. The van der Waals surface area contributed by atoms with Crippen molar-refractivity contribution < 1.29 is 4.74 Å². The molecule has 2 aromatic carbocycles. The van der Waals surface area contributed by atoms with Crippen LogP contribution >= 0.6 is 12.2 Å². The lowest BCUT2D eigenvalue weighted by atomic mass is 10.1. The monoisotopic (exact) mass is 397 g/mol. The minimum Gasteiger partial charge on any atom is -0.495 e. The number of nitrogens with one attached hydrogen (secondary N) is 1. The molecule has 150 valence electrons. The van der Waals surface area contributed by atoms with E-state index in [4.69, 9.17) is 17.0 Å². The second kappa shape index (κ2) is 10.2. The van der Waals surface area contributed by atoms with E-state index in [9.17, 15) is 0 Å². The van der Waals surface area contributed by atoms with Gasteiger partial charge in [-0.15, -0.1) is 0 Å². The zero-order chi connectivity index (χ0) is 20.7. The molecule has 28 heavy (non-hydrogen) atoms. The number of ether oxygens (including phenoxy) is 1. The fraction of sp³-hybridized carbons (Fsp3) is 0.391. The van der Waals surface area contributed by atoms with Gasteiger partial charge >= 0.3 is 0 Å². The van der Waals surface area contributed by atoms with Gasteiger partial charge in [-0.1, -0.05) is 43.4 Å². The number of hydrazone groups is 1. The van der Waals surface area contributed by atoms with Gasteiger partial charge in [-0.2, -0.15) is 5.10 Å². The molecule has 0 spiro atoms. The fourth-order valence-corrected chi connectivity index (χ4v) is 3.06. The summed E-state index contributed by atoms with van der Waals surface area (Å²) in [5, 5.41) is 4.48. The van der Waals surface area contributed by atoms with Crippen LogP contribution in [-0.2, 0) is 12.8 Å². The number of aryl methyl sites for hydroxylation is 1. The summed E-state index contributed by atoms with van der Waals surface area (Å²) in [5.74, 6) is 0.864. The average molecular weight is 398 g/mol. The summed E-state index contributed by atoms with van der Waals surface area (Å²) in [6.45, 7) is 8.46. The quantitative estimate of drug-likeness (QED) is 0.387. The Morgan fingerprint density at radius 2 is 1.93 bits per heavy atom. The molecule has 5 heteroatoms. The van der Waals surface area contributed by atoms with Crippen molar-refractivity contribution in [2.45, 2.75) is 46.6 Å². The molecular weight excluding hydrogens is 366 g/mol. The van der Waals surface area contributed by atoms with Crippen LogP contribution in [0.15, 0.2) is 47.6 Å². The highest BCUT2D eigenvalue weighted by Crippen LogP contribution is 2.30. The smallest absolute Gasteiger partial charge is 0.142 e. The standard InChI is InChI=1S/C23H31N3OS/c1-7-18-9-8-10-20(13-18)17(4)24-25-23(28)15-19-11-12-22(27-6)21(14-19)26(5)16(2)3/h8-14,16H,7,15H2,1-6H3,(H,25,28)/b24-17+. The molecule has 0 saturated carbocycles. The first-order valence-electron chi connectivity index (χ1n) is 9.67. The Labute approximate surface area is 174 Å². The molecule has 0 unspecified atom stereocenters. The lowest BCUT2D eigenvalue weighted by Gasteiger charge is -2.26. The van der Waals surface area contributed by atoms with E-state index in [1.54, 1.807) is 7.11 Å². The van der Waals surface area contributed by atoms with Gasteiger partial charge in [0.25, 0.3) is 0 Å². The summed E-state index contributed by atoms with van der Waals surface area (Å²) in [7, 11) is 3.77. The molecule has 0 bridgehead atoms. The summed E-state index contributed by atoms with van der Waals surface area (Å²) < 4.78 is 5.51. The molecule has 0 aliphatic heterocycles. The second-order valence-corrected chi connectivity index (χ2v) is 7.67. The van der Waals surface area contributed by atoms with Crippen molar-refractivity contribution in [2.24, 2.45) is 5.10 Å². The largest absolute Gasteiger partial charge is 0.495 e. The Morgan fingerprint density at radius 3 is 2.57 bits per heavy atom. The van der Waals surface area contributed by atoms with Crippen molar-refractivity contribution in [1.82, 2.24) is 5.43 Å². The Balaban J connectivity index is 2.09. The number of thiocarbonyl (C=S) groups is 1. The number of nitrogens with zero attached hydrogens (tertiary/aromatic N) is 2. The van der Waals surface area contributed by atoms with Crippen molar-refractivity contribution >= 4 is 28.6 Å². The number of rotatable bonds is 8. The normalized spacial score (nSPS) is 11.5. The van der Waals surface area contributed by atoms with Crippen molar-refractivity contribution in [3.05, 3.63) is 59.2 Å². The maximum Gasteiger partial charge on any atom is 0.142 e. The summed E-state index contributed by atoms with van der Waals surface area (Å²) in [5.41, 5.74) is 8.57. The maximum absolute atomic E-state index is 5.51. The number of methoxy groups -OCH3 is 1. The molecule has 4 nitrogen and oxygen atoms in total. The van der Waals surface area contributed by atoms with E-state index < -0.39 is 0 Å². The molecule has 0 aliphatic carbocycles. The van der Waals surface area contributed by atoms with Crippen LogP contribution in [0.1, 0.15) is 44.4 Å². The maximum atomic E-state index is 5.51. The van der Waals surface area contributed by atoms with E-state index in [1.807, 2.05) is 19.1 Å². The average Bonchev–Trinajstić information content (AvgIpc) is 2.71. The van der Waals surface area contributed by atoms with Crippen LogP contribution < -0.4 is 15.1 Å². The van der Waals surface area contributed by atoms with Crippen LogP contribution in [0.25, 0.3) is 0 Å². The summed E-state index contributed by atoms with van der Waals surface area (Å²) in [6.07, 6.45) is 1.64. The Hall–Kier alpha value is -2.40. The molecule has 0 aromatic heterocycles. The van der Waals surface area contributed by atoms with Crippen molar-refractivity contribution in [2.75, 3.05) is 19.1 Å². The Kier molecular flexibility index (Phi) is 8.00. The van der Waals surface area contributed by atoms with E-state index in [0.717, 1.165) is 34.7 Å². The zero-order valence-electron chi connectivity index (χ0n) is 17.7. The van der Waals surface area contributed by atoms with Crippen molar-refractivity contribution in [1.29, 1.82) is 0 Å². The molecule has 2 rings (SSSR count). The zero-order valence-corrected chi connectivity index (χ0v) is 18.6. The number of hydrogen-bond acceptors (Lipinski definition) is 4. The Morgan fingerprint density at radius 1 is 1.18 bits per heavy atom. The third-order valence-electron chi connectivity index (χ3n) is 4.86. The highest BCUT2D eigenvalue weighted by molar-refractivity contribution is 7.80. The fourth-order valence-electron chi connectivity index (χ4n) is 2.85. The molecule has 1 N–H and O–H groups in total. The molecule has 0 radical (unpaired) electrons. The van der Waals surface area contributed by atoms with Gasteiger partial charge in [0.15, 0.2) is 0 Å². The summed E-state index contributed by atoms with van der Waals surface area (Å²) in [4.78, 5) is 2.89. The van der Waals surface area contributed by atoms with E-state index >= 15 is 0 Å². The first kappa shape index (κ1) is 21.9. The molecule has 0 atom stereocenters. The first-order valence-corrected chi connectivity index (χ1v) is 10.1. The summed E-state index contributed by atoms with van der Waals surface area (Å²) in [6, 6.07) is 15.0. The van der Waals surface area contributed by atoms with Crippen LogP contribution in [0.4, 0.5) is 5.69 Å². The van der Waals surface area contributed by atoms with E-state index in [1.165, 1.54) is 5.56 Å². The van der Waals surface area contributed by atoms with Gasteiger partial charge in [0, 0.05) is 19.5 Å². The van der Waals surface area contributed by atoms with Crippen molar-refractivity contribution in [3.63, 3.8) is 0 Å². The number of benzene rings is 2. The van der Waals surface area contributed by atoms with Gasteiger partial charge in [0.2, 0.25) is 0 Å². The van der Waals surface area contributed by atoms with Crippen LogP contribution in [-0.4, -0.2) is 30.9 Å². The number of hydrogen-bond donors (Lipinski definition) is 1. The molecular formula is C23H31N3OS. The van der Waals surface area contributed by atoms with Crippen LogP contribution in [0, 0.1) is 0 Å². The molecule has 2 aromatic rings. The topological polar surface area (TPSA) is 36.9 Å². The van der Waals surface area contributed by atoms with Gasteiger partial charge in [-0.05, 0) is 62.1 Å². The minimum absolute atomic E-state index is 0.375. The lowest BCUT2D eigenvalue weighted by Crippen LogP contribution is -2.26. The second-order valence-electron chi connectivity index (χ2n) is 7.17. The SMILES string of the molecule is CCc1cccc(/C(C)=N/NC(=S)Cc2ccc(OC)c(N(C)C(C)C)c2)c1. The van der Waals surface area contributed by atoms with Crippen LogP contribution in [0.3, 0.4) is 0 Å². The van der Waals surface area contributed by atoms with E-state index in [2.05, 4.69) is 73.6 Å². The molecule has 0 saturated heterocycles. The van der Waals surface area contributed by atoms with Gasteiger partial charge in [-0.25, -0.2) is 0 Å². The van der Waals surface area contributed by atoms with Crippen molar-refractivity contribution in [3.8, 4) is 5.75 Å². The van der Waals surface area contributed by atoms with Crippen LogP contribution in [0.2, 0.25) is 0 Å². The highest BCUT2D eigenvalue weighted by Gasteiger charge is 2.12. The highest BCUT2D eigenvalue weighted by atomic mass is 32.1. The van der Waals surface area contributed by atoms with Gasteiger partial charge in [0.05, 0.1) is 18.5 Å². The number of anilines is 1. The van der Waals surface area contributed by atoms with E-state index in [0.29, 0.717) is 17.5 Å². The Bertz CT molecular complexity index is 845. The molecule has 0 amide bonds. The third-order valence-corrected chi connectivity index (χ3v) is 5.10. The van der Waals surface area contributed by atoms with Crippen LogP contribution in [0.5, 0.6) is 5.75 Å². The predicted octanol–water partition coefficient (Wildman–Crippen LogP) is 4.99. The van der Waals surface area contributed by atoms with Gasteiger partial charge in [-0.3, -0.25) is 5.43 Å². The van der Waals surface area contributed by atoms with Gasteiger partial charge in [0.1, 0.15) is 10.7 Å². The molecule has 0 fully saturated rings. The molecule has 0 heterocycles. The third kappa shape index (κ3) is 5.80.